The SMILES string of the molecule is O=C(ON(c1ccccc1)c1ccccc1)c1ccccc1Nc1ccccc1. The third kappa shape index (κ3) is 4.45. The maximum Gasteiger partial charge on any atom is 0.365 e. The molecule has 0 aliphatic heterocycles. The van der Waals surface area contributed by atoms with Crippen molar-refractivity contribution in [1.29, 1.82) is 0 Å². The van der Waals surface area contributed by atoms with E-state index < -0.39 is 5.97 Å². The summed E-state index contributed by atoms with van der Waals surface area (Å²) in [5, 5.41) is 4.83. The lowest BCUT2D eigenvalue weighted by molar-refractivity contribution is 0.0505. The first-order valence-corrected chi connectivity index (χ1v) is 9.35. The molecule has 4 rings (SSSR count). The second kappa shape index (κ2) is 8.76. The highest BCUT2D eigenvalue weighted by Crippen LogP contribution is 2.28. The lowest BCUT2D eigenvalue weighted by Crippen LogP contribution is -2.23. The van der Waals surface area contributed by atoms with Crippen molar-refractivity contribution in [2.24, 2.45) is 0 Å². The Kier molecular flexibility index (Phi) is 5.53. The summed E-state index contributed by atoms with van der Waals surface area (Å²) < 4.78 is 0. The van der Waals surface area contributed by atoms with E-state index in [0.717, 1.165) is 17.1 Å². The van der Waals surface area contributed by atoms with Gasteiger partial charge < -0.3 is 10.2 Å². The van der Waals surface area contributed by atoms with Gasteiger partial charge in [-0.1, -0.05) is 66.7 Å². The third-order valence-corrected chi connectivity index (χ3v) is 4.36. The van der Waals surface area contributed by atoms with Crippen LogP contribution < -0.4 is 10.4 Å². The predicted molar refractivity (Wildman–Crippen MR) is 117 cm³/mol. The van der Waals surface area contributed by atoms with Crippen LogP contribution in [0.15, 0.2) is 115 Å². The molecule has 0 atom stereocenters. The van der Waals surface area contributed by atoms with Gasteiger partial charge in [-0.2, -0.15) is 5.06 Å². The molecule has 0 radical (unpaired) electrons. The predicted octanol–water partition coefficient (Wildman–Crippen LogP) is 6.34. The lowest BCUT2D eigenvalue weighted by atomic mass is 10.1. The first-order chi connectivity index (χ1) is 14.3. The van der Waals surface area contributed by atoms with Crippen LogP contribution in [0.3, 0.4) is 0 Å². The van der Waals surface area contributed by atoms with Gasteiger partial charge in [0.2, 0.25) is 0 Å². The van der Waals surface area contributed by atoms with Crippen LogP contribution in [0.4, 0.5) is 22.7 Å². The topological polar surface area (TPSA) is 41.6 Å². The van der Waals surface area contributed by atoms with Gasteiger partial charge in [-0.15, -0.1) is 0 Å². The Balaban J connectivity index is 1.64. The van der Waals surface area contributed by atoms with Gasteiger partial charge in [0.15, 0.2) is 0 Å². The van der Waals surface area contributed by atoms with Gasteiger partial charge in [0.1, 0.15) is 0 Å². The van der Waals surface area contributed by atoms with Gasteiger partial charge >= 0.3 is 5.97 Å². The molecule has 0 aliphatic rings. The van der Waals surface area contributed by atoms with Crippen LogP contribution in [0.2, 0.25) is 0 Å². The van der Waals surface area contributed by atoms with Gasteiger partial charge in [-0.05, 0) is 48.5 Å². The fourth-order valence-electron chi connectivity index (χ4n) is 2.96. The lowest BCUT2D eigenvalue weighted by Gasteiger charge is -2.23. The van der Waals surface area contributed by atoms with Crippen LogP contribution in [0.1, 0.15) is 10.4 Å². The molecule has 1 N–H and O–H groups in total. The molecule has 29 heavy (non-hydrogen) atoms. The fourth-order valence-corrected chi connectivity index (χ4v) is 2.96. The maximum absolute atomic E-state index is 13.1. The summed E-state index contributed by atoms with van der Waals surface area (Å²) in [5.74, 6) is -0.447. The molecule has 4 heteroatoms. The fraction of sp³-hybridized carbons (Fsp3) is 0. The maximum atomic E-state index is 13.1. The average molecular weight is 380 g/mol. The van der Waals surface area contributed by atoms with E-state index in [1.165, 1.54) is 0 Å². The van der Waals surface area contributed by atoms with Crippen LogP contribution in [0.5, 0.6) is 0 Å². The van der Waals surface area contributed by atoms with E-state index in [1.807, 2.05) is 109 Å². The average Bonchev–Trinajstić information content (AvgIpc) is 2.79. The number of hydrogen-bond donors (Lipinski definition) is 1. The first kappa shape index (κ1) is 18.3. The number of carbonyl (C=O) groups excluding carboxylic acids is 1. The summed E-state index contributed by atoms with van der Waals surface area (Å²) in [6.07, 6.45) is 0. The third-order valence-electron chi connectivity index (χ3n) is 4.36. The van der Waals surface area contributed by atoms with Gasteiger partial charge in [0.25, 0.3) is 0 Å². The van der Waals surface area contributed by atoms with Crippen molar-refractivity contribution < 1.29 is 9.63 Å². The van der Waals surface area contributed by atoms with Crippen molar-refractivity contribution in [2.45, 2.75) is 0 Å². The molecule has 0 aliphatic carbocycles. The van der Waals surface area contributed by atoms with E-state index >= 15 is 0 Å². The number of hydrogen-bond acceptors (Lipinski definition) is 4. The minimum atomic E-state index is -0.447. The zero-order chi connectivity index (χ0) is 19.9. The minimum absolute atomic E-state index is 0.447. The quantitative estimate of drug-likeness (QED) is 0.396. The molecule has 0 saturated carbocycles. The summed E-state index contributed by atoms with van der Waals surface area (Å²) in [4.78, 5) is 19.0. The zero-order valence-electron chi connectivity index (χ0n) is 15.7. The Hall–Kier alpha value is -4.05. The van der Waals surface area contributed by atoms with Crippen molar-refractivity contribution in [2.75, 3.05) is 10.4 Å². The van der Waals surface area contributed by atoms with Crippen molar-refractivity contribution in [3.63, 3.8) is 0 Å². The van der Waals surface area contributed by atoms with Gasteiger partial charge in [-0.3, -0.25) is 0 Å². The Morgan fingerprint density at radius 1 is 0.621 bits per heavy atom. The number of nitrogens with one attached hydrogen (secondary N) is 1. The largest absolute Gasteiger partial charge is 0.365 e. The van der Waals surface area contributed by atoms with Crippen molar-refractivity contribution in [3.05, 3.63) is 121 Å². The Morgan fingerprint density at radius 3 is 1.69 bits per heavy atom. The summed E-state index contributed by atoms with van der Waals surface area (Å²) in [6.45, 7) is 0. The summed E-state index contributed by atoms with van der Waals surface area (Å²) in [6, 6.07) is 36.1. The number of benzene rings is 4. The van der Waals surface area contributed by atoms with E-state index in [9.17, 15) is 4.79 Å². The molecule has 0 heterocycles. The number of nitrogens with zero attached hydrogens (tertiary/aromatic N) is 1. The van der Waals surface area contributed by atoms with Crippen molar-refractivity contribution in [3.8, 4) is 0 Å². The monoisotopic (exact) mass is 380 g/mol. The standard InChI is InChI=1S/C25H20N2O2/c28-25(23-18-10-11-19-24(23)26-20-12-4-1-5-13-20)29-27(21-14-6-2-7-15-21)22-16-8-3-9-17-22/h1-19,26H. The summed E-state index contributed by atoms with van der Waals surface area (Å²) in [5.41, 5.74) is 3.56. The van der Waals surface area contributed by atoms with Gasteiger partial charge in [0.05, 0.1) is 22.6 Å². The van der Waals surface area contributed by atoms with E-state index in [0.29, 0.717) is 11.3 Å². The van der Waals surface area contributed by atoms with Crippen molar-refractivity contribution in [1.82, 2.24) is 0 Å². The smallest absolute Gasteiger partial charge is 0.355 e. The molecule has 0 bridgehead atoms. The minimum Gasteiger partial charge on any atom is -0.355 e. The molecular weight excluding hydrogens is 360 g/mol. The Labute approximate surface area is 170 Å². The Bertz CT molecular complexity index is 1030. The van der Waals surface area contributed by atoms with Crippen molar-refractivity contribution >= 4 is 28.7 Å². The van der Waals surface area contributed by atoms with Gasteiger partial charge in [0, 0.05) is 5.69 Å². The Morgan fingerprint density at radius 2 is 1.10 bits per heavy atom. The number of anilines is 4. The molecule has 0 unspecified atom stereocenters. The second-order valence-corrected chi connectivity index (χ2v) is 6.38. The van der Waals surface area contributed by atoms with E-state index in [-0.39, 0.29) is 0 Å². The molecule has 4 aromatic rings. The molecule has 0 saturated heterocycles. The second-order valence-electron chi connectivity index (χ2n) is 6.38. The van der Waals surface area contributed by atoms with E-state index in [1.54, 1.807) is 11.1 Å². The molecule has 0 fully saturated rings. The van der Waals surface area contributed by atoms with Crippen LogP contribution in [-0.2, 0) is 4.84 Å². The molecule has 4 aromatic carbocycles. The normalized spacial score (nSPS) is 10.2. The molecule has 4 nitrogen and oxygen atoms in total. The highest BCUT2D eigenvalue weighted by Gasteiger charge is 2.19. The molecule has 0 amide bonds. The zero-order valence-corrected chi connectivity index (χ0v) is 15.7. The molecular formula is C25H20N2O2. The van der Waals surface area contributed by atoms with Gasteiger partial charge in [-0.25, -0.2) is 4.79 Å². The highest BCUT2D eigenvalue weighted by molar-refractivity contribution is 5.97. The summed E-state index contributed by atoms with van der Waals surface area (Å²) >= 11 is 0. The summed E-state index contributed by atoms with van der Waals surface area (Å²) in [7, 11) is 0. The molecule has 142 valence electrons. The van der Waals surface area contributed by atoms with E-state index in [4.69, 9.17) is 4.84 Å². The number of rotatable bonds is 6. The first-order valence-electron chi connectivity index (χ1n) is 9.35. The van der Waals surface area contributed by atoms with Crippen LogP contribution >= 0.6 is 0 Å². The van der Waals surface area contributed by atoms with Crippen LogP contribution in [0, 0.1) is 0 Å². The highest BCUT2D eigenvalue weighted by atomic mass is 16.7. The number of para-hydroxylation sites is 4. The number of carbonyl (C=O) groups is 1. The van der Waals surface area contributed by atoms with E-state index in [2.05, 4.69) is 5.32 Å². The molecule has 0 aromatic heterocycles. The van der Waals surface area contributed by atoms with Crippen LogP contribution in [-0.4, -0.2) is 5.97 Å². The molecule has 0 spiro atoms. The van der Waals surface area contributed by atoms with Crippen LogP contribution in [0.25, 0.3) is 0 Å².